The number of hydrogen-bond acceptors (Lipinski definition) is 3. The van der Waals surface area contributed by atoms with Crippen LogP contribution >= 0.6 is 0 Å². The molecule has 0 fully saturated rings. The number of benzene rings is 1. The van der Waals surface area contributed by atoms with E-state index >= 15 is 0 Å². The lowest BCUT2D eigenvalue weighted by Gasteiger charge is -2.11. The number of aromatic nitrogens is 2. The van der Waals surface area contributed by atoms with E-state index in [1.54, 1.807) is 7.05 Å². The SMILES string of the molecule is Cn1cc(C(N)C(=O)Nc2cc(F)c(F)cc2F)cn1. The highest BCUT2D eigenvalue weighted by Crippen LogP contribution is 2.20. The zero-order valence-corrected chi connectivity index (χ0v) is 10.4. The highest BCUT2D eigenvalue weighted by atomic mass is 19.2. The average molecular weight is 284 g/mol. The fourth-order valence-corrected chi connectivity index (χ4v) is 1.58. The molecule has 0 saturated heterocycles. The number of halogens is 3. The van der Waals surface area contributed by atoms with Gasteiger partial charge in [0.25, 0.3) is 0 Å². The van der Waals surface area contributed by atoms with Crippen molar-refractivity contribution in [2.45, 2.75) is 6.04 Å². The van der Waals surface area contributed by atoms with Crippen molar-refractivity contribution >= 4 is 11.6 Å². The number of rotatable bonds is 3. The van der Waals surface area contributed by atoms with Gasteiger partial charge < -0.3 is 11.1 Å². The second kappa shape index (κ2) is 5.33. The molecule has 1 aromatic heterocycles. The Morgan fingerprint density at radius 1 is 1.30 bits per heavy atom. The predicted octanol–water partition coefficient (Wildman–Crippen LogP) is 1.48. The minimum absolute atomic E-state index is 0.348. The standard InChI is InChI=1S/C12H11F3N4O/c1-19-5-6(4-17-19)11(16)12(20)18-10-3-8(14)7(13)2-9(10)15/h2-5,11H,16H2,1H3,(H,18,20). The summed E-state index contributed by atoms with van der Waals surface area (Å²) in [5, 5.41) is 5.95. The maximum Gasteiger partial charge on any atom is 0.246 e. The number of nitrogens with one attached hydrogen (secondary N) is 1. The number of nitrogens with two attached hydrogens (primary N) is 1. The maximum atomic E-state index is 13.4. The van der Waals surface area contributed by atoms with Crippen molar-refractivity contribution in [3.05, 3.63) is 47.5 Å². The van der Waals surface area contributed by atoms with Gasteiger partial charge in [0.1, 0.15) is 11.9 Å². The van der Waals surface area contributed by atoms with Gasteiger partial charge in [0, 0.05) is 30.9 Å². The van der Waals surface area contributed by atoms with Crippen molar-refractivity contribution in [2.24, 2.45) is 12.8 Å². The van der Waals surface area contributed by atoms with Gasteiger partial charge in [0.05, 0.1) is 11.9 Å². The average Bonchev–Trinajstić information content (AvgIpc) is 2.81. The summed E-state index contributed by atoms with van der Waals surface area (Å²) in [7, 11) is 1.64. The van der Waals surface area contributed by atoms with Gasteiger partial charge in [-0.1, -0.05) is 0 Å². The van der Waals surface area contributed by atoms with Crippen molar-refractivity contribution in [2.75, 3.05) is 5.32 Å². The Kier molecular flexibility index (Phi) is 3.75. The van der Waals surface area contributed by atoms with Gasteiger partial charge in [-0.25, -0.2) is 13.2 Å². The smallest absolute Gasteiger partial charge is 0.246 e. The Morgan fingerprint density at radius 2 is 1.95 bits per heavy atom. The van der Waals surface area contributed by atoms with E-state index in [0.29, 0.717) is 17.7 Å². The molecule has 0 spiro atoms. The molecule has 3 N–H and O–H groups in total. The van der Waals surface area contributed by atoms with Gasteiger partial charge in [0.15, 0.2) is 11.6 Å². The molecule has 1 atom stereocenters. The molecule has 8 heteroatoms. The van der Waals surface area contributed by atoms with Crippen molar-refractivity contribution in [3.63, 3.8) is 0 Å². The van der Waals surface area contributed by atoms with Gasteiger partial charge in [-0.15, -0.1) is 0 Å². The maximum absolute atomic E-state index is 13.4. The zero-order chi connectivity index (χ0) is 14.9. The molecular formula is C12H11F3N4O. The summed E-state index contributed by atoms with van der Waals surface area (Å²) in [4.78, 5) is 11.8. The number of aryl methyl sites for hydroxylation is 1. The quantitative estimate of drug-likeness (QED) is 0.838. The van der Waals surface area contributed by atoms with Crippen LogP contribution in [0.3, 0.4) is 0 Å². The second-order valence-corrected chi connectivity index (χ2v) is 4.16. The summed E-state index contributed by atoms with van der Waals surface area (Å²) in [5.41, 5.74) is 5.59. The number of anilines is 1. The molecule has 106 valence electrons. The molecule has 1 amide bonds. The molecule has 0 aliphatic carbocycles. The van der Waals surface area contributed by atoms with Gasteiger partial charge in [0.2, 0.25) is 5.91 Å². The monoisotopic (exact) mass is 284 g/mol. The van der Waals surface area contributed by atoms with E-state index in [4.69, 9.17) is 5.73 Å². The van der Waals surface area contributed by atoms with Crippen LogP contribution in [0, 0.1) is 17.5 Å². The first-order valence-corrected chi connectivity index (χ1v) is 5.58. The van der Waals surface area contributed by atoms with E-state index in [1.807, 2.05) is 0 Å². The normalized spacial score (nSPS) is 12.2. The van der Waals surface area contributed by atoms with Crippen LogP contribution in [0.4, 0.5) is 18.9 Å². The first kappa shape index (κ1) is 14.1. The lowest BCUT2D eigenvalue weighted by atomic mass is 10.1. The lowest BCUT2D eigenvalue weighted by molar-refractivity contribution is -0.117. The molecule has 0 aliphatic heterocycles. The van der Waals surface area contributed by atoms with Gasteiger partial charge in [-0.05, 0) is 0 Å². The fraction of sp³-hybridized carbons (Fsp3) is 0.167. The molecule has 1 unspecified atom stereocenters. The van der Waals surface area contributed by atoms with Crippen molar-refractivity contribution in [3.8, 4) is 0 Å². The fourth-order valence-electron chi connectivity index (χ4n) is 1.58. The lowest BCUT2D eigenvalue weighted by Crippen LogP contribution is -2.28. The topological polar surface area (TPSA) is 72.9 Å². The van der Waals surface area contributed by atoms with Crippen molar-refractivity contribution in [1.82, 2.24) is 9.78 Å². The molecule has 2 rings (SSSR count). The molecular weight excluding hydrogens is 273 g/mol. The summed E-state index contributed by atoms with van der Waals surface area (Å²) < 4.78 is 40.6. The third-order valence-corrected chi connectivity index (χ3v) is 2.63. The molecule has 1 heterocycles. The van der Waals surface area contributed by atoms with Crippen LogP contribution in [0.5, 0.6) is 0 Å². The predicted molar refractivity (Wildman–Crippen MR) is 65.1 cm³/mol. The van der Waals surface area contributed by atoms with Crippen LogP contribution in [0.15, 0.2) is 24.5 Å². The van der Waals surface area contributed by atoms with Crippen LogP contribution in [-0.2, 0) is 11.8 Å². The molecule has 0 aliphatic rings. The minimum Gasteiger partial charge on any atom is -0.322 e. The second-order valence-electron chi connectivity index (χ2n) is 4.16. The summed E-state index contributed by atoms with van der Waals surface area (Å²) in [6, 6.07) is -0.199. The largest absolute Gasteiger partial charge is 0.322 e. The van der Waals surface area contributed by atoms with Crippen LogP contribution < -0.4 is 11.1 Å². The first-order valence-electron chi connectivity index (χ1n) is 5.58. The van der Waals surface area contributed by atoms with E-state index < -0.39 is 35.1 Å². The van der Waals surface area contributed by atoms with Crippen LogP contribution in [0.1, 0.15) is 11.6 Å². The van der Waals surface area contributed by atoms with Crippen molar-refractivity contribution < 1.29 is 18.0 Å². The third kappa shape index (κ3) is 2.80. The molecule has 5 nitrogen and oxygen atoms in total. The van der Waals surface area contributed by atoms with E-state index in [2.05, 4.69) is 10.4 Å². The van der Waals surface area contributed by atoms with Crippen LogP contribution in [0.2, 0.25) is 0 Å². The molecule has 1 aromatic carbocycles. The molecule has 0 saturated carbocycles. The Morgan fingerprint density at radius 3 is 2.55 bits per heavy atom. The van der Waals surface area contributed by atoms with Gasteiger partial charge >= 0.3 is 0 Å². The van der Waals surface area contributed by atoms with E-state index in [-0.39, 0.29) is 0 Å². The number of carbonyl (C=O) groups excluding carboxylic acids is 1. The molecule has 20 heavy (non-hydrogen) atoms. The molecule has 0 radical (unpaired) electrons. The van der Waals surface area contributed by atoms with Gasteiger partial charge in [-0.2, -0.15) is 5.10 Å². The molecule has 2 aromatic rings. The first-order chi connectivity index (χ1) is 9.38. The summed E-state index contributed by atoms with van der Waals surface area (Å²) in [5.74, 6) is -4.45. The number of amides is 1. The Bertz CT molecular complexity index is 656. The van der Waals surface area contributed by atoms with E-state index in [1.165, 1.54) is 17.1 Å². The Balaban J connectivity index is 2.17. The summed E-state index contributed by atoms with van der Waals surface area (Å²) in [6.45, 7) is 0. The minimum atomic E-state index is -1.34. The van der Waals surface area contributed by atoms with E-state index in [0.717, 1.165) is 0 Å². The van der Waals surface area contributed by atoms with Crippen LogP contribution in [0.25, 0.3) is 0 Å². The van der Waals surface area contributed by atoms with Crippen molar-refractivity contribution in [1.29, 1.82) is 0 Å². The Hall–Kier alpha value is -2.35. The van der Waals surface area contributed by atoms with E-state index in [9.17, 15) is 18.0 Å². The zero-order valence-electron chi connectivity index (χ0n) is 10.4. The Labute approximate surface area is 112 Å². The number of hydrogen-bond donors (Lipinski definition) is 2. The third-order valence-electron chi connectivity index (χ3n) is 2.63. The summed E-state index contributed by atoms with van der Waals surface area (Å²) >= 11 is 0. The molecule has 0 bridgehead atoms. The van der Waals surface area contributed by atoms with Gasteiger partial charge in [-0.3, -0.25) is 9.48 Å². The summed E-state index contributed by atoms with van der Waals surface area (Å²) in [6.07, 6.45) is 2.90. The highest BCUT2D eigenvalue weighted by Gasteiger charge is 2.19. The number of nitrogens with zero attached hydrogens (tertiary/aromatic N) is 2. The highest BCUT2D eigenvalue weighted by molar-refractivity contribution is 5.95. The van der Waals surface area contributed by atoms with Crippen LogP contribution in [-0.4, -0.2) is 15.7 Å². The number of carbonyl (C=O) groups is 1.